The first-order chi connectivity index (χ1) is 16.5. The van der Waals surface area contributed by atoms with Crippen molar-refractivity contribution in [3.05, 3.63) is 35.8 Å². The fourth-order valence-electron chi connectivity index (χ4n) is 5.17. The van der Waals surface area contributed by atoms with E-state index in [-0.39, 0.29) is 11.8 Å². The third-order valence-corrected chi connectivity index (χ3v) is 7.32. The van der Waals surface area contributed by atoms with Crippen LogP contribution in [0.15, 0.2) is 24.4 Å². The summed E-state index contributed by atoms with van der Waals surface area (Å²) in [4.78, 5) is 19.7. The molecule has 0 radical (unpaired) electrons. The van der Waals surface area contributed by atoms with E-state index in [1.807, 2.05) is 25.1 Å². The summed E-state index contributed by atoms with van der Waals surface area (Å²) >= 11 is 0. The molecule has 2 heterocycles. The minimum absolute atomic E-state index is 0.0840. The third kappa shape index (κ3) is 6.68. The average Bonchev–Trinajstić information content (AvgIpc) is 2.86. The summed E-state index contributed by atoms with van der Waals surface area (Å²) in [5.74, 6) is 0.300. The van der Waals surface area contributed by atoms with E-state index in [1.54, 1.807) is 7.11 Å². The van der Waals surface area contributed by atoms with Gasteiger partial charge in [0, 0.05) is 5.39 Å². The van der Waals surface area contributed by atoms with Crippen LogP contribution >= 0.6 is 0 Å². The van der Waals surface area contributed by atoms with Crippen LogP contribution in [0.2, 0.25) is 0 Å². The van der Waals surface area contributed by atoms with E-state index in [9.17, 15) is 9.18 Å². The van der Waals surface area contributed by atoms with Crippen LogP contribution in [0, 0.1) is 11.2 Å². The molecule has 0 spiro atoms. The normalized spacial score (nSPS) is 16.0. The lowest BCUT2D eigenvalue weighted by molar-refractivity contribution is -0.159. The number of pyridine rings is 1. The molecule has 1 aromatic carbocycles. The number of rotatable bonds is 13. The van der Waals surface area contributed by atoms with Crippen molar-refractivity contribution in [2.45, 2.75) is 78.1 Å². The standard InChI is InChI=1S/C28H41FN2O3/c1-4-6-7-8-9-17-31-18-15-28(16-19-31,27(32)34-5-2)14-10-11-23-24-20-22(33-3)12-13-26(24)30-21-25(23)29/h12-13,20-21H,4-11,14-19H2,1-3H3. The number of halogens is 1. The van der Waals surface area contributed by atoms with Gasteiger partial charge in [0.2, 0.25) is 0 Å². The minimum atomic E-state index is -0.467. The van der Waals surface area contributed by atoms with E-state index in [2.05, 4.69) is 16.8 Å². The summed E-state index contributed by atoms with van der Waals surface area (Å²) in [6.07, 6.45) is 11.3. The van der Waals surface area contributed by atoms with Crippen LogP contribution in [0.3, 0.4) is 0 Å². The molecule has 188 valence electrons. The smallest absolute Gasteiger partial charge is 0.312 e. The Morgan fingerprint density at radius 2 is 1.88 bits per heavy atom. The summed E-state index contributed by atoms with van der Waals surface area (Å²) in [5.41, 5.74) is 0.933. The fraction of sp³-hybridized carbons (Fsp3) is 0.643. The Kier molecular flexibility index (Phi) is 10.1. The molecule has 0 N–H and O–H groups in total. The molecular weight excluding hydrogens is 431 g/mol. The number of aromatic nitrogens is 1. The maximum atomic E-state index is 14.7. The van der Waals surface area contributed by atoms with Crippen LogP contribution in [0.4, 0.5) is 4.39 Å². The number of hydrogen-bond donors (Lipinski definition) is 0. The van der Waals surface area contributed by atoms with Gasteiger partial charge in [-0.05, 0) is 88.8 Å². The maximum Gasteiger partial charge on any atom is 0.312 e. The number of piperidine rings is 1. The average molecular weight is 473 g/mol. The molecule has 2 aromatic rings. The predicted molar refractivity (Wildman–Crippen MR) is 135 cm³/mol. The van der Waals surface area contributed by atoms with Crippen molar-refractivity contribution in [3.63, 3.8) is 0 Å². The van der Waals surface area contributed by atoms with Gasteiger partial charge in [0.15, 0.2) is 0 Å². The van der Waals surface area contributed by atoms with Gasteiger partial charge in [-0.25, -0.2) is 4.39 Å². The van der Waals surface area contributed by atoms with Gasteiger partial charge in [-0.3, -0.25) is 9.78 Å². The van der Waals surface area contributed by atoms with E-state index < -0.39 is 5.41 Å². The number of likely N-dealkylation sites (tertiary alicyclic amines) is 1. The quantitative estimate of drug-likeness (QED) is 0.252. The maximum absolute atomic E-state index is 14.7. The largest absolute Gasteiger partial charge is 0.497 e. The van der Waals surface area contributed by atoms with E-state index in [0.717, 1.165) is 49.8 Å². The lowest BCUT2D eigenvalue weighted by atomic mass is 9.74. The van der Waals surface area contributed by atoms with Gasteiger partial charge in [-0.15, -0.1) is 0 Å². The number of hydrogen-bond acceptors (Lipinski definition) is 5. The van der Waals surface area contributed by atoms with E-state index in [4.69, 9.17) is 9.47 Å². The van der Waals surface area contributed by atoms with Crippen molar-refractivity contribution < 1.29 is 18.7 Å². The molecule has 34 heavy (non-hydrogen) atoms. The molecule has 3 rings (SSSR count). The van der Waals surface area contributed by atoms with E-state index >= 15 is 0 Å². The zero-order valence-corrected chi connectivity index (χ0v) is 21.2. The highest BCUT2D eigenvalue weighted by atomic mass is 19.1. The number of carbonyl (C=O) groups is 1. The van der Waals surface area contributed by atoms with Crippen molar-refractivity contribution in [2.24, 2.45) is 5.41 Å². The zero-order chi connectivity index (χ0) is 24.4. The van der Waals surface area contributed by atoms with E-state index in [1.165, 1.54) is 38.3 Å². The Labute approximate surface area is 204 Å². The number of benzene rings is 1. The van der Waals surface area contributed by atoms with Crippen LogP contribution in [-0.2, 0) is 16.0 Å². The second kappa shape index (κ2) is 13.0. The molecule has 6 heteroatoms. The van der Waals surface area contributed by atoms with Crippen LogP contribution in [0.1, 0.15) is 77.2 Å². The second-order valence-electron chi connectivity index (χ2n) is 9.58. The van der Waals surface area contributed by atoms with Gasteiger partial charge in [0.05, 0.1) is 30.8 Å². The van der Waals surface area contributed by atoms with Gasteiger partial charge in [0.25, 0.3) is 0 Å². The first-order valence-electron chi connectivity index (χ1n) is 13.0. The number of aryl methyl sites for hydroxylation is 1. The Hall–Kier alpha value is -2.21. The van der Waals surface area contributed by atoms with Crippen LogP contribution in [0.25, 0.3) is 10.9 Å². The topological polar surface area (TPSA) is 51.7 Å². The Morgan fingerprint density at radius 3 is 2.59 bits per heavy atom. The highest BCUT2D eigenvalue weighted by Gasteiger charge is 2.42. The molecule has 0 amide bonds. The molecule has 0 unspecified atom stereocenters. The third-order valence-electron chi connectivity index (χ3n) is 7.32. The van der Waals surface area contributed by atoms with Crippen molar-refractivity contribution in [1.29, 1.82) is 0 Å². The first kappa shape index (κ1) is 26.4. The van der Waals surface area contributed by atoms with Crippen LogP contribution in [0.5, 0.6) is 5.75 Å². The number of fused-ring (bicyclic) bond motifs is 1. The molecule has 1 aliphatic heterocycles. The van der Waals surface area contributed by atoms with Gasteiger partial charge >= 0.3 is 5.97 Å². The monoisotopic (exact) mass is 472 g/mol. The number of unbranched alkanes of at least 4 members (excludes halogenated alkanes) is 4. The number of carbonyl (C=O) groups excluding carboxylic acids is 1. The van der Waals surface area contributed by atoms with Gasteiger partial charge in [0.1, 0.15) is 11.6 Å². The highest BCUT2D eigenvalue weighted by molar-refractivity contribution is 5.83. The Bertz CT molecular complexity index is 925. The number of methoxy groups -OCH3 is 1. The summed E-state index contributed by atoms with van der Waals surface area (Å²) in [7, 11) is 1.61. The fourth-order valence-corrected chi connectivity index (χ4v) is 5.17. The zero-order valence-electron chi connectivity index (χ0n) is 21.2. The van der Waals surface area contributed by atoms with Crippen molar-refractivity contribution in [3.8, 4) is 5.75 Å². The summed E-state index contributed by atoms with van der Waals surface area (Å²) < 4.78 is 25.6. The van der Waals surface area contributed by atoms with Gasteiger partial charge < -0.3 is 14.4 Å². The SMILES string of the molecule is CCCCCCCN1CCC(CCCc2c(F)cnc3ccc(OC)cc23)(C(=O)OCC)CC1. The molecule has 1 fully saturated rings. The number of nitrogens with zero attached hydrogens (tertiary/aromatic N) is 2. The summed E-state index contributed by atoms with van der Waals surface area (Å²) in [6.45, 7) is 7.46. The van der Waals surface area contributed by atoms with Crippen molar-refractivity contribution in [2.75, 3.05) is 33.4 Å². The van der Waals surface area contributed by atoms with Gasteiger partial charge in [-0.2, -0.15) is 0 Å². The lowest BCUT2D eigenvalue weighted by Crippen LogP contribution is -2.45. The number of ether oxygens (including phenoxy) is 2. The molecule has 0 aliphatic carbocycles. The second-order valence-corrected chi connectivity index (χ2v) is 9.58. The minimum Gasteiger partial charge on any atom is -0.497 e. The molecule has 5 nitrogen and oxygen atoms in total. The molecule has 1 aromatic heterocycles. The Balaban J connectivity index is 1.63. The molecule has 0 saturated carbocycles. The van der Waals surface area contributed by atoms with Crippen LogP contribution < -0.4 is 4.74 Å². The van der Waals surface area contributed by atoms with Crippen molar-refractivity contribution in [1.82, 2.24) is 9.88 Å². The molecule has 0 bridgehead atoms. The summed E-state index contributed by atoms with van der Waals surface area (Å²) in [5, 5.41) is 0.780. The predicted octanol–water partition coefficient (Wildman–Crippen LogP) is 6.32. The molecular formula is C28H41FN2O3. The highest BCUT2D eigenvalue weighted by Crippen LogP contribution is 2.39. The molecule has 1 aliphatic rings. The van der Waals surface area contributed by atoms with Crippen molar-refractivity contribution >= 4 is 16.9 Å². The first-order valence-corrected chi connectivity index (χ1v) is 13.0. The number of esters is 1. The van der Waals surface area contributed by atoms with E-state index in [0.29, 0.717) is 30.8 Å². The lowest BCUT2D eigenvalue weighted by Gasteiger charge is -2.40. The van der Waals surface area contributed by atoms with Crippen LogP contribution in [-0.4, -0.2) is 49.2 Å². The van der Waals surface area contributed by atoms with Gasteiger partial charge in [-0.1, -0.05) is 32.6 Å². The molecule has 1 saturated heterocycles. The molecule has 0 atom stereocenters. The Morgan fingerprint density at radius 1 is 1.12 bits per heavy atom. The summed E-state index contributed by atoms with van der Waals surface area (Å²) in [6, 6.07) is 5.54.